The highest BCUT2D eigenvalue weighted by atomic mass is 32.2. The maximum Gasteiger partial charge on any atom is 0.246 e. The summed E-state index contributed by atoms with van der Waals surface area (Å²) >= 11 is 0. The molecule has 0 N–H and O–H groups in total. The molecule has 1 aliphatic rings. The molecule has 0 aliphatic carbocycles. The molecule has 7 heteroatoms. The quantitative estimate of drug-likeness (QED) is 0.830. The summed E-state index contributed by atoms with van der Waals surface area (Å²) in [6.07, 6.45) is 0.114. The molecule has 1 atom stereocenters. The zero-order valence-electron chi connectivity index (χ0n) is 10.3. The summed E-state index contributed by atoms with van der Waals surface area (Å²) in [6.45, 7) is 1.69. The lowest BCUT2D eigenvalue weighted by atomic mass is 10.0. The number of halogens is 2. The third-order valence-electron chi connectivity index (χ3n) is 3.15. The number of sulfonamides is 1. The second-order valence-corrected chi connectivity index (χ2v) is 6.46. The summed E-state index contributed by atoms with van der Waals surface area (Å²) in [6, 6.07) is 2.33. The van der Waals surface area contributed by atoms with Crippen molar-refractivity contribution in [1.29, 1.82) is 0 Å². The predicted molar refractivity (Wildman–Crippen MR) is 63.9 cm³/mol. The molecule has 0 radical (unpaired) electrons. The third-order valence-corrected chi connectivity index (χ3v) is 5.04. The van der Waals surface area contributed by atoms with Crippen LogP contribution in [-0.2, 0) is 14.8 Å². The van der Waals surface area contributed by atoms with E-state index in [1.165, 1.54) is 0 Å². The molecule has 0 spiro atoms. The van der Waals surface area contributed by atoms with E-state index in [0.717, 1.165) is 16.4 Å². The van der Waals surface area contributed by atoms with Crippen LogP contribution in [0, 0.1) is 17.6 Å². The van der Waals surface area contributed by atoms with Crippen molar-refractivity contribution in [3.63, 3.8) is 0 Å². The van der Waals surface area contributed by atoms with Crippen molar-refractivity contribution in [3.05, 3.63) is 29.8 Å². The van der Waals surface area contributed by atoms with Crippen LogP contribution in [0.15, 0.2) is 23.1 Å². The average Bonchev–Trinajstić information content (AvgIpc) is 2.32. The monoisotopic (exact) mass is 289 g/mol. The Morgan fingerprint density at radius 2 is 2.00 bits per heavy atom. The van der Waals surface area contributed by atoms with Gasteiger partial charge in [0.25, 0.3) is 0 Å². The highest BCUT2D eigenvalue weighted by Crippen LogP contribution is 2.24. The van der Waals surface area contributed by atoms with Crippen LogP contribution >= 0.6 is 0 Å². The first-order valence-electron chi connectivity index (χ1n) is 5.80. The fraction of sp³-hybridized carbons (Fsp3) is 0.417. The number of piperidine rings is 1. The van der Waals surface area contributed by atoms with Crippen molar-refractivity contribution in [1.82, 2.24) is 4.31 Å². The topological polar surface area (TPSA) is 54.5 Å². The minimum absolute atomic E-state index is 0.00831. The van der Waals surface area contributed by atoms with Crippen molar-refractivity contribution >= 4 is 15.8 Å². The molecule has 0 saturated carbocycles. The Balaban J connectivity index is 2.35. The van der Waals surface area contributed by atoms with E-state index in [0.29, 0.717) is 6.07 Å². The molecule has 0 amide bonds. The molecule has 1 fully saturated rings. The summed E-state index contributed by atoms with van der Waals surface area (Å²) in [5.74, 6) is -2.37. The van der Waals surface area contributed by atoms with Gasteiger partial charge in [-0.3, -0.25) is 4.79 Å². The van der Waals surface area contributed by atoms with Gasteiger partial charge in [0.1, 0.15) is 22.3 Å². The molecule has 104 valence electrons. The minimum atomic E-state index is -4.03. The van der Waals surface area contributed by atoms with E-state index < -0.39 is 32.5 Å². The molecule has 1 aromatic rings. The summed E-state index contributed by atoms with van der Waals surface area (Å²) in [5.41, 5.74) is 0. The molecule has 2 rings (SSSR count). The van der Waals surface area contributed by atoms with Crippen molar-refractivity contribution in [2.45, 2.75) is 18.2 Å². The van der Waals surface area contributed by atoms with Gasteiger partial charge in [0.05, 0.1) is 0 Å². The first-order chi connectivity index (χ1) is 8.82. The fourth-order valence-corrected chi connectivity index (χ4v) is 3.60. The first-order valence-corrected chi connectivity index (χ1v) is 7.24. The lowest BCUT2D eigenvalue weighted by Gasteiger charge is -2.29. The van der Waals surface area contributed by atoms with E-state index in [4.69, 9.17) is 0 Å². The van der Waals surface area contributed by atoms with Gasteiger partial charge < -0.3 is 0 Å². The highest BCUT2D eigenvalue weighted by Gasteiger charge is 2.33. The van der Waals surface area contributed by atoms with E-state index >= 15 is 0 Å². The lowest BCUT2D eigenvalue weighted by molar-refractivity contribution is -0.124. The maximum absolute atomic E-state index is 13.6. The second kappa shape index (κ2) is 4.97. The Kier molecular flexibility index (Phi) is 3.69. The summed E-state index contributed by atoms with van der Waals surface area (Å²) in [7, 11) is -4.03. The molecular formula is C12H13F2NO3S. The number of carbonyl (C=O) groups is 1. The normalized spacial score (nSPS) is 21.6. The van der Waals surface area contributed by atoms with Gasteiger partial charge in [0.15, 0.2) is 0 Å². The molecule has 1 aliphatic heterocycles. The van der Waals surface area contributed by atoms with Crippen molar-refractivity contribution < 1.29 is 22.0 Å². The SMILES string of the molecule is CC1CN(S(=O)(=O)c2ccc(F)cc2F)CCC1=O. The van der Waals surface area contributed by atoms with Gasteiger partial charge in [0.2, 0.25) is 10.0 Å². The predicted octanol–water partition coefficient (Wildman–Crippen LogP) is 1.56. The van der Waals surface area contributed by atoms with Gasteiger partial charge in [-0.05, 0) is 12.1 Å². The van der Waals surface area contributed by atoms with E-state index in [1.807, 2.05) is 0 Å². The molecule has 4 nitrogen and oxygen atoms in total. The Morgan fingerprint density at radius 3 is 2.58 bits per heavy atom. The van der Waals surface area contributed by atoms with E-state index in [9.17, 15) is 22.0 Å². The zero-order chi connectivity index (χ0) is 14.2. The van der Waals surface area contributed by atoms with Crippen LogP contribution in [-0.4, -0.2) is 31.6 Å². The van der Waals surface area contributed by atoms with Gasteiger partial charge in [0, 0.05) is 31.5 Å². The number of benzene rings is 1. The van der Waals surface area contributed by atoms with Crippen LogP contribution < -0.4 is 0 Å². The molecule has 1 heterocycles. The van der Waals surface area contributed by atoms with Crippen LogP contribution in [0.4, 0.5) is 8.78 Å². The molecule has 1 saturated heterocycles. The molecule has 19 heavy (non-hydrogen) atoms. The number of rotatable bonds is 2. The molecule has 0 aromatic heterocycles. The van der Waals surface area contributed by atoms with E-state index in [2.05, 4.69) is 0 Å². The second-order valence-electron chi connectivity index (χ2n) is 4.56. The van der Waals surface area contributed by atoms with Gasteiger partial charge in [-0.15, -0.1) is 0 Å². The number of carbonyl (C=O) groups excluding carboxylic acids is 1. The molecular weight excluding hydrogens is 276 g/mol. The first kappa shape index (κ1) is 14.1. The maximum atomic E-state index is 13.6. The summed E-state index contributed by atoms with van der Waals surface area (Å²) in [5, 5.41) is 0. The van der Waals surface area contributed by atoms with E-state index in [1.54, 1.807) is 6.92 Å². The van der Waals surface area contributed by atoms with Gasteiger partial charge in [-0.25, -0.2) is 17.2 Å². The van der Waals surface area contributed by atoms with Crippen LogP contribution in [0.25, 0.3) is 0 Å². The summed E-state index contributed by atoms with van der Waals surface area (Å²) in [4.78, 5) is 10.8. The van der Waals surface area contributed by atoms with Crippen molar-refractivity contribution in [2.24, 2.45) is 5.92 Å². The van der Waals surface area contributed by atoms with Gasteiger partial charge >= 0.3 is 0 Å². The average molecular weight is 289 g/mol. The standard InChI is InChI=1S/C12H13F2NO3S/c1-8-7-15(5-4-11(8)16)19(17,18)12-3-2-9(13)6-10(12)14/h2-3,6,8H,4-5,7H2,1H3. The molecule has 1 aromatic carbocycles. The lowest BCUT2D eigenvalue weighted by Crippen LogP contribution is -2.43. The Bertz CT molecular complexity index is 615. The highest BCUT2D eigenvalue weighted by molar-refractivity contribution is 7.89. The van der Waals surface area contributed by atoms with Crippen LogP contribution in [0.5, 0.6) is 0 Å². The van der Waals surface area contributed by atoms with Crippen LogP contribution in [0.1, 0.15) is 13.3 Å². The van der Waals surface area contributed by atoms with Crippen molar-refractivity contribution in [2.75, 3.05) is 13.1 Å². The third kappa shape index (κ3) is 2.66. The fourth-order valence-electron chi connectivity index (χ4n) is 2.02. The number of hydrogen-bond donors (Lipinski definition) is 0. The Morgan fingerprint density at radius 1 is 1.32 bits per heavy atom. The van der Waals surface area contributed by atoms with E-state index in [-0.39, 0.29) is 25.3 Å². The number of nitrogens with zero attached hydrogens (tertiary/aromatic N) is 1. The van der Waals surface area contributed by atoms with Crippen LogP contribution in [0.2, 0.25) is 0 Å². The van der Waals surface area contributed by atoms with Gasteiger partial charge in [-0.2, -0.15) is 4.31 Å². The minimum Gasteiger partial charge on any atom is -0.299 e. The van der Waals surface area contributed by atoms with Crippen LogP contribution in [0.3, 0.4) is 0 Å². The smallest absolute Gasteiger partial charge is 0.246 e. The van der Waals surface area contributed by atoms with Crippen molar-refractivity contribution in [3.8, 4) is 0 Å². The number of Topliss-reactive ketones (excluding diaryl/α,β-unsaturated/α-hetero) is 1. The number of hydrogen-bond acceptors (Lipinski definition) is 3. The summed E-state index contributed by atoms with van der Waals surface area (Å²) < 4.78 is 51.9. The largest absolute Gasteiger partial charge is 0.299 e. The van der Waals surface area contributed by atoms with Gasteiger partial charge in [-0.1, -0.05) is 6.92 Å². The molecule has 1 unspecified atom stereocenters. The molecule has 0 bridgehead atoms. The Hall–Kier alpha value is -1.34. The number of ketones is 1. The Labute approximate surface area is 110 Å². The zero-order valence-corrected chi connectivity index (χ0v) is 11.1.